The zero-order valence-corrected chi connectivity index (χ0v) is 18.2. The topological polar surface area (TPSA) is 103 Å². The third-order valence-electron chi connectivity index (χ3n) is 4.09. The molecule has 33 heavy (non-hydrogen) atoms. The number of anilines is 1. The van der Waals surface area contributed by atoms with Crippen molar-refractivity contribution in [3.05, 3.63) is 92.0 Å². The van der Waals surface area contributed by atoms with E-state index in [0.717, 1.165) is 25.3 Å². The van der Waals surface area contributed by atoms with Gasteiger partial charge in [0.1, 0.15) is 22.9 Å². The fraction of sp³-hybridized carbons (Fsp3) is 0.0476. The first-order valence-electron chi connectivity index (χ1n) is 8.99. The van der Waals surface area contributed by atoms with Crippen LogP contribution in [0.1, 0.15) is 5.56 Å². The number of non-ortho nitro benzene ring substituents is 1. The highest BCUT2D eigenvalue weighted by atomic mass is 35.5. The summed E-state index contributed by atoms with van der Waals surface area (Å²) in [5.41, 5.74) is -0.610. The molecular formula is C21H13Cl2F2N3O5. The largest absolute Gasteiger partial charge is 0.480 e. The van der Waals surface area contributed by atoms with Gasteiger partial charge >= 0.3 is 6.03 Å². The van der Waals surface area contributed by atoms with Gasteiger partial charge in [-0.05, 0) is 36.4 Å². The van der Waals surface area contributed by atoms with Gasteiger partial charge in [-0.15, -0.1) is 0 Å². The Morgan fingerprint density at radius 2 is 1.64 bits per heavy atom. The number of carbonyl (C=O) groups excluding carboxylic acids is 1. The number of amides is 2. The predicted octanol–water partition coefficient (Wildman–Crippen LogP) is 6.60. The molecule has 0 aliphatic carbocycles. The zero-order chi connectivity index (χ0) is 24.1. The van der Waals surface area contributed by atoms with Gasteiger partial charge in [0.25, 0.3) is 5.69 Å². The minimum Gasteiger partial charge on any atom is -0.480 e. The van der Waals surface area contributed by atoms with Crippen molar-refractivity contribution in [2.45, 2.75) is 0 Å². The number of rotatable bonds is 5. The number of carbonyl (C=O) groups is 1. The van der Waals surface area contributed by atoms with Gasteiger partial charge in [0.15, 0.2) is 5.75 Å². The van der Waals surface area contributed by atoms with Gasteiger partial charge in [0, 0.05) is 17.8 Å². The molecule has 0 saturated carbocycles. The van der Waals surface area contributed by atoms with Crippen LogP contribution in [0.3, 0.4) is 0 Å². The maximum absolute atomic E-state index is 13.9. The van der Waals surface area contributed by atoms with Crippen molar-refractivity contribution in [2.75, 3.05) is 12.4 Å². The van der Waals surface area contributed by atoms with Crippen LogP contribution in [0, 0.1) is 21.7 Å². The summed E-state index contributed by atoms with van der Waals surface area (Å²) >= 11 is 12.4. The van der Waals surface area contributed by atoms with Crippen LogP contribution in [0.25, 0.3) is 0 Å². The van der Waals surface area contributed by atoms with Gasteiger partial charge < -0.3 is 14.8 Å². The molecule has 2 amide bonds. The third kappa shape index (κ3) is 5.73. The molecular weight excluding hydrogens is 483 g/mol. The Bertz CT molecular complexity index is 1210. The van der Waals surface area contributed by atoms with Crippen LogP contribution in [0.2, 0.25) is 10.0 Å². The SMILES string of the molecule is CO/C(=N\C(=O)Nc1cc(Cl)c(Oc2ccc([N+](=O)[O-])cc2)c(Cl)c1)c1c(F)cccc1F. The fourth-order valence-corrected chi connectivity index (χ4v) is 3.20. The second-order valence-electron chi connectivity index (χ2n) is 6.27. The first-order chi connectivity index (χ1) is 15.7. The molecule has 0 aliphatic heterocycles. The number of benzene rings is 3. The van der Waals surface area contributed by atoms with E-state index in [1.54, 1.807) is 0 Å². The third-order valence-corrected chi connectivity index (χ3v) is 4.65. The van der Waals surface area contributed by atoms with Crippen molar-refractivity contribution < 1.29 is 28.0 Å². The van der Waals surface area contributed by atoms with E-state index in [2.05, 4.69) is 10.3 Å². The average Bonchev–Trinajstić information content (AvgIpc) is 2.75. The lowest BCUT2D eigenvalue weighted by atomic mass is 10.2. The molecule has 1 N–H and O–H groups in total. The van der Waals surface area contributed by atoms with Crippen LogP contribution in [0.4, 0.5) is 25.0 Å². The number of aliphatic imine (C=N–C) groups is 1. The maximum Gasteiger partial charge on any atom is 0.348 e. The standard InChI is InChI=1S/C21H13Cl2F2N3O5/c1-32-20(18-16(24)3-2-4-17(18)25)27-21(29)26-11-9-14(22)19(15(23)10-11)33-13-7-5-12(6-8-13)28(30)31/h2-10H,1H3,(H,26,29)/b27-20-. The van der Waals surface area contributed by atoms with Gasteiger partial charge in [-0.1, -0.05) is 29.3 Å². The Labute approximate surface area is 195 Å². The van der Waals surface area contributed by atoms with Crippen LogP contribution in [0.15, 0.2) is 59.6 Å². The smallest absolute Gasteiger partial charge is 0.348 e. The minimum atomic E-state index is -1.01. The van der Waals surface area contributed by atoms with Crippen LogP contribution in [-0.4, -0.2) is 24.0 Å². The fourth-order valence-electron chi connectivity index (χ4n) is 2.63. The summed E-state index contributed by atoms with van der Waals surface area (Å²) in [6.45, 7) is 0. The number of nitrogens with one attached hydrogen (secondary N) is 1. The van der Waals surface area contributed by atoms with E-state index in [1.165, 1.54) is 36.4 Å². The van der Waals surface area contributed by atoms with Crippen LogP contribution >= 0.6 is 23.2 Å². The summed E-state index contributed by atoms with van der Waals surface area (Å²) < 4.78 is 38.3. The van der Waals surface area contributed by atoms with E-state index in [9.17, 15) is 23.7 Å². The first kappa shape index (κ1) is 23.9. The Hall–Kier alpha value is -3.76. The molecule has 0 spiro atoms. The average molecular weight is 496 g/mol. The second kappa shape index (κ2) is 10.2. The van der Waals surface area contributed by atoms with Crippen molar-refractivity contribution in [2.24, 2.45) is 4.99 Å². The minimum absolute atomic E-state index is 0.00671. The number of urea groups is 1. The number of methoxy groups -OCH3 is 1. The van der Waals surface area contributed by atoms with Gasteiger partial charge in [-0.25, -0.2) is 13.6 Å². The normalized spacial score (nSPS) is 11.1. The molecule has 0 atom stereocenters. The van der Waals surface area contributed by atoms with E-state index in [1.807, 2.05) is 0 Å². The first-order valence-corrected chi connectivity index (χ1v) is 9.74. The number of ether oxygens (including phenoxy) is 2. The number of hydrogen-bond acceptors (Lipinski definition) is 5. The molecule has 0 heterocycles. The summed E-state index contributed by atoms with van der Waals surface area (Å²) in [6.07, 6.45) is 0. The summed E-state index contributed by atoms with van der Waals surface area (Å²) in [6, 6.07) is 9.96. The van der Waals surface area contributed by atoms with E-state index in [0.29, 0.717) is 0 Å². The molecule has 0 fully saturated rings. The van der Waals surface area contributed by atoms with E-state index >= 15 is 0 Å². The number of hydrogen-bond donors (Lipinski definition) is 1. The Morgan fingerprint density at radius 3 is 2.15 bits per heavy atom. The van der Waals surface area contributed by atoms with Crippen LogP contribution in [0.5, 0.6) is 11.5 Å². The second-order valence-corrected chi connectivity index (χ2v) is 7.08. The summed E-state index contributed by atoms with van der Waals surface area (Å²) in [7, 11) is 1.11. The zero-order valence-electron chi connectivity index (χ0n) is 16.6. The lowest BCUT2D eigenvalue weighted by Crippen LogP contribution is -2.15. The summed E-state index contributed by atoms with van der Waals surface area (Å²) in [4.78, 5) is 26.0. The summed E-state index contributed by atoms with van der Waals surface area (Å²) in [5.74, 6) is -2.20. The van der Waals surface area contributed by atoms with Crippen LogP contribution < -0.4 is 10.1 Å². The Balaban J connectivity index is 1.80. The monoisotopic (exact) mass is 495 g/mol. The molecule has 0 bridgehead atoms. The van der Waals surface area contributed by atoms with Crippen molar-refractivity contribution >= 4 is 46.5 Å². The molecule has 0 aromatic heterocycles. The van der Waals surface area contributed by atoms with E-state index < -0.39 is 34.1 Å². The van der Waals surface area contributed by atoms with Gasteiger partial charge in [0.2, 0.25) is 5.90 Å². The van der Waals surface area contributed by atoms with Gasteiger partial charge in [0.05, 0.1) is 22.1 Å². The van der Waals surface area contributed by atoms with Crippen molar-refractivity contribution in [1.82, 2.24) is 0 Å². The number of halogens is 4. The lowest BCUT2D eigenvalue weighted by molar-refractivity contribution is -0.384. The molecule has 0 saturated heterocycles. The van der Waals surface area contributed by atoms with E-state index in [-0.39, 0.29) is 32.9 Å². The molecule has 3 aromatic rings. The Kier molecular flexibility index (Phi) is 7.41. The van der Waals surface area contributed by atoms with Gasteiger partial charge in [-0.2, -0.15) is 4.99 Å². The molecule has 12 heteroatoms. The molecule has 0 radical (unpaired) electrons. The number of nitrogens with zero attached hydrogens (tertiary/aromatic N) is 2. The molecule has 3 aromatic carbocycles. The highest BCUT2D eigenvalue weighted by molar-refractivity contribution is 6.37. The number of nitro groups is 1. The van der Waals surface area contributed by atoms with Crippen LogP contribution in [-0.2, 0) is 4.74 Å². The molecule has 170 valence electrons. The molecule has 8 nitrogen and oxygen atoms in total. The van der Waals surface area contributed by atoms with Crippen molar-refractivity contribution in [3.8, 4) is 11.5 Å². The highest BCUT2D eigenvalue weighted by Crippen LogP contribution is 2.39. The van der Waals surface area contributed by atoms with Gasteiger partial charge in [-0.3, -0.25) is 10.1 Å². The maximum atomic E-state index is 13.9. The predicted molar refractivity (Wildman–Crippen MR) is 119 cm³/mol. The number of nitro benzene ring substituents is 1. The highest BCUT2D eigenvalue weighted by Gasteiger charge is 2.18. The Morgan fingerprint density at radius 1 is 1.06 bits per heavy atom. The lowest BCUT2D eigenvalue weighted by Gasteiger charge is -2.12. The van der Waals surface area contributed by atoms with E-state index in [4.69, 9.17) is 32.7 Å². The molecule has 3 rings (SSSR count). The van der Waals surface area contributed by atoms with Crippen molar-refractivity contribution in [3.63, 3.8) is 0 Å². The quantitative estimate of drug-likeness (QED) is 0.186. The molecule has 0 unspecified atom stereocenters. The molecule has 0 aliphatic rings. The summed E-state index contributed by atoms with van der Waals surface area (Å²) in [5, 5.41) is 13.1. The van der Waals surface area contributed by atoms with Crippen molar-refractivity contribution in [1.29, 1.82) is 0 Å².